The van der Waals surface area contributed by atoms with Crippen LogP contribution in [0.3, 0.4) is 0 Å². The predicted molar refractivity (Wildman–Crippen MR) is 80.5 cm³/mol. The van der Waals surface area contributed by atoms with E-state index in [2.05, 4.69) is 48.2 Å². The van der Waals surface area contributed by atoms with E-state index in [9.17, 15) is 0 Å². The number of anilines is 2. The minimum Gasteiger partial charge on any atom is -0.339 e. The SMILES string of the molecule is Cc1cc(C)c(Nc2nc(C)nc(Cl)c2C)c(C)c1. The predicted octanol–water partition coefficient (Wildman–Crippen LogP) is 4.42. The molecule has 0 unspecified atom stereocenters. The summed E-state index contributed by atoms with van der Waals surface area (Å²) in [6.07, 6.45) is 0. The molecule has 4 heteroatoms. The minimum absolute atomic E-state index is 0.498. The van der Waals surface area contributed by atoms with Crippen molar-refractivity contribution in [3.8, 4) is 0 Å². The molecule has 0 fully saturated rings. The van der Waals surface area contributed by atoms with Crippen molar-refractivity contribution in [2.75, 3.05) is 5.32 Å². The van der Waals surface area contributed by atoms with Crippen LogP contribution in [0.5, 0.6) is 0 Å². The maximum absolute atomic E-state index is 6.10. The molecule has 1 N–H and O–H groups in total. The van der Waals surface area contributed by atoms with Crippen LogP contribution in [-0.4, -0.2) is 9.97 Å². The molecule has 2 rings (SSSR count). The van der Waals surface area contributed by atoms with E-state index in [4.69, 9.17) is 11.6 Å². The van der Waals surface area contributed by atoms with Crippen molar-refractivity contribution in [3.05, 3.63) is 45.4 Å². The first-order valence-electron chi connectivity index (χ1n) is 6.24. The second kappa shape index (κ2) is 5.17. The van der Waals surface area contributed by atoms with Gasteiger partial charge >= 0.3 is 0 Å². The van der Waals surface area contributed by atoms with Gasteiger partial charge < -0.3 is 5.32 Å². The van der Waals surface area contributed by atoms with Crippen LogP contribution >= 0.6 is 11.6 Å². The Kier molecular flexibility index (Phi) is 3.76. The van der Waals surface area contributed by atoms with E-state index < -0.39 is 0 Å². The molecule has 19 heavy (non-hydrogen) atoms. The summed E-state index contributed by atoms with van der Waals surface area (Å²) < 4.78 is 0. The highest BCUT2D eigenvalue weighted by Crippen LogP contribution is 2.28. The normalized spacial score (nSPS) is 10.6. The van der Waals surface area contributed by atoms with Crippen LogP contribution in [0.25, 0.3) is 0 Å². The highest BCUT2D eigenvalue weighted by atomic mass is 35.5. The molecule has 1 aromatic carbocycles. The number of halogens is 1. The fourth-order valence-electron chi connectivity index (χ4n) is 2.21. The first-order chi connectivity index (χ1) is 8.88. The van der Waals surface area contributed by atoms with Gasteiger partial charge in [-0.15, -0.1) is 0 Å². The molecule has 0 saturated carbocycles. The first-order valence-corrected chi connectivity index (χ1v) is 6.62. The summed E-state index contributed by atoms with van der Waals surface area (Å²) in [4.78, 5) is 8.58. The largest absolute Gasteiger partial charge is 0.339 e. The van der Waals surface area contributed by atoms with E-state index in [0.29, 0.717) is 11.0 Å². The highest BCUT2D eigenvalue weighted by Gasteiger charge is 2.10. The van der Waals surface area contributed by atoms with Gasteiger partial charge in [0.05, 0.1) is 0 Å². The zero-order valence-electron chi connectivity index (χ0n) is 11.9. The van der Waals surface area contributed by atoms with Crippen molar-refractivity contribution in [2.45, 2.75) is 34.6 Å². The quantitative estimate of drug-likeness (QED) is 0.825. The maximum atomic E-state index is 6.10. The Morgan fingerprint density at radius 3 is 2.11 bits per heavy atom. The Hall–Kier alpha value is -1.61. The fraction of sp³-hybridized carbons (Fsp3) is 0.333. The fourth-order valence-corrected chi connectivity index (χ4v) is 2.42. The smallest absolute Gasteiger partial charge is 0.138 e. The molecule has 0 aliphatic rings. The van der Waals surface area contributed by atoms with Crippen LogP contribution < -0.4 is 5.32 Å². The zero-order chi connectivity index (χ0) is 14.2. The summed E-state index contributed by atoms with van der Waals surface area (Å²) in [6.45, 7) is 10.0. The summed E-state index contributed by atoms with van der Waals surface area (Å²) in [5, 5.41) is 3.88. The maximum Gasteiger partial charge on any atom is 0.138 e. The molecule has 0 spiro atoms. The van der Waals surface area contributed by atoms with Crippen LogP contribution in [0.15, 0.2) is 12.1 Å². The van der Waals surface area contributed by atoms with Crippen molar-refractivity contribution < 1.29 is 0 Å². The van der Waals surface area contributed by atoms with Gasteiger partial charge in [-0.25, -0.2) is 9.97 Å². The highest BCUT2D eigenvalue weighted by molar-refractivity contribution is 6.30. The van der Waals surface area contributed by atoms with E-state index in [1.54, 1.807) is 0 Å². The Balaban J connectivity index is 2.48. The van der Waals surface area contributed by atoms with Gasteiger partial charge in [-0.3, -0.25) is 0 Å². The van der Waals surface area contributed by atoms with E-state index in [0.717, 1.165) is 17.1 Å². The lowest BCUT2D eigenvalue weighted by Gasteiger charge is -2.15. The third-order valence-electron chi connectivity index (χ3n) is 3.12. The molecule has 0 atom stereocenters. The van der Waals surface area contributed by atoms with Crippen LogP contribution in [0, 0.1) is 34.6 Å². The number of benzene rings is 1. The standard InChI is InChI=1S/C15H18ClN3/c1-8-6-9(2)13(10(3)7-8)19-15-11(4)14(16)17-12(5)18-15/h6-7H,1-5H3,(H,17,18,19). The van der Waals surface area contributed by atoms with Crippen molar-refractivity contribution in [3.63, 3.8) is 0 Å². The lowest BCUT2D eigenvalue weighted by atomic mass is 10.1. The monoisotopic (exact) mass is 275 g/mol. The third kappa shape index (κ3) is 2.87. The van der Waals surface area contributed by atoms with Gasteiger partial charge in [0.2, 0.25) is 0 Å². The molecule has 0 amide bonds. The van der Waals surface area contributed by atoms with Gasteiger partial charge in [0.15, 0.2) is 0 Å². The number of hydrogen-bond acceptors (Lipinski definition) is 3. The van der Waals surface area contributed by atoms with E-state index in [1.807, 2.05) is 13.8 Å². The van der Waals surface area contributed by atoms with Gasteiger partial charge in [0.25, 0.3) is 0 Å². The molecule has 0 radical (unpaired) electrons. The van der Waals surface area contributed by atoms with Crippen molar-refractivity contribution in [2.24, 2.45) is 0 Å². The Labute approximate surface area is 119 Å². The van der Waals surface area contributed by atoms with Crippen molar-refractivity contribution in [1.29, 1.82) is 0 Å². The Bertz CT molecular complexity index is 613. The summed E-state index contributed by atoms with van der Waals surface area (Å²) in [5.74, 6) is 1.44. The third-order valence-corrected chi connectivity index (χ3v) is 3.49. The Morgan fingerprint density at radius 1 is 0.947 bits per heavy atom. The lowest BCUT2D eigenvalue weighted by molar-refractivity contribution is 1.03. The molecule has 2 aromatic rings. The second-order valence-corrected chi connectivity index (χ2v) is 5.29. The summed E-state index contributed by atoms with van der Waals surface area (Å²) in [7, 11) is 0. The molecule has 0 aliphatic carbocycles. The number of aromatic nitrogens is 2. The molecule has 1 aromatic heterocycles. The van der Waals surface area contributed by atoms with E-state index in [1.165, 1.54) is 16.7 Å². The molecular formula is C15H18ClN3. The number of rotatable bonds is 2. The number of aryl methyl sites for hydroxylation is 4. The zero-order valence-corrected chi connectivity index (χ0v) is 12.7. The van der Waals surface area contributed by atoms with Gasteiger partial charge in [0, 0.05) is 11.3 Å². The molecule has 100 valence electrons. The lowest BCUT2D eigenvalue weighted by Crippen LogP contribution is -2.04. The van der Waals surface area contributed by atoms with Crippen LogP contribution in [0.1, 0.15) is 28.1 Å². The molecule has 0 aliphatic heterocycles. The molecular weight excluding hydrogens is 258 g/mol. The molecule has 0 saturated heterocycles. The molecule has 1 heterocycles. The summed E-state index contributed by atoms with van der Waals surface area (Å²) in [5.41, 5.74) is 5.61. The summed E-state index contributed by atoms with van der Waals surface area (Å²) >= 11 is 6.10. The Morgan fingerprint density at radius 2 is 1.53 bits per heavy atom. The second-order valence-electron chi connectivity index (χ2n) is 4.93. The summed E-state index contributed by atoms with van der Waals surface area (Å²) in [6, 6.07) is 4.31. The number of nitrogens with one attached hydrogen (secondary N) is 1. The van der Waals surface area contributed by atoms with Gasteiger partial charge in [-0.1, -0.05) is 29.3 Å². The average Bonchev–Trinajstić information content (AvgIpc) is 2.29. The van der Waals surface area contributed by atoms with Crippen LogP contribution in [-0.2, 0) is 0 Å². The van der Waals surface area contributed by atoms with Crippen molar-refractivity contribution in [1.82, 2.24) is 9.97 Å². The number of nitrogens with zero attached hydrogens (tertiary/aromatic N) is 2. The van der Waals surface area contributed by atoms with Gasteiger partial charge in [-0.2, -0.15) is 0 Å². The number of hydrogen-bond donors (Lipinski definition) is 1. The van der Waals surface area contributed by atoms with Crippen molar-refractivity contribution >= 4 is 23.1 Å². The molecule has 3 nitrogen and oxygen atoms in total. The van der Waals surface area contributed by atoms with Gasteiger partial charge in [-0.05, 0) is 45.7 Å². The molecule has 0 bridgehead atoms. The van der Waals surface area contributed by atoms with E-state index in [-0.39, 0.29) is 0 Å². The van der Waals surface area contributed by atoms with Crippen LogP contribution in [0.4, 0.5) is 11.5 Å². The van der Waals surface area contributed by atoms with Gasteiger partial charge in [0.1, 0.15) is 16.8 Å². The topological polar surface area (TPSA) is 37.8 Å². The van der Waals surface area contributed by atoms with E-state index >= 15 is 0 Å². The first kappa shape index (κ1) is 13.8. The van der Waals surface area contributed by atoms with Crippen LogP contribution in [0.2, 0.25) is 5.15 Å². The minimum atomic E-state index is 0.498. The average molecular weight is 276 g/mol.